The third-order valence-corrected chi connectivity index (χ3v) is 6.53. The number of carbonyl (C=O) groups excluding carboxylic acids is 1. The molecule has 1 saturated heterocycles. The van der Waals surface area contributed by atoms with E-state index in [-0.39, 0.29) is 18.5 Å². The van der Waals surface area contributed by atoms with E-state index in [4.69, 9.17) is 16.6 Å². The second kappa shape index (κ2) is 9.97. The average Bonchev–Trinajstić information content (AvgIpc) is 3.45. The largest absolute Gasteiger partial charge is 0.459 e. The van der Waals surface area contributed by atoms with E-state index in [9.17, 15) is 9.18 Å². The fourth-order valence-electron chi connectivity index (χ4n) is 4.11. The van der Waals surface area contributed by atoms with Crippen molar-refractivity contribution in [2.75, 3.05) is 11.9 Å². The predicted molar refractivity (Wildman–Crippen MR) is 139 cm³/mol. The Hall–Kier alpha value is -3.56. The lowest BCUT2D eigenvalue weighted by Gasteiger charge is -2.25. The SMILES string of the molecule is O=C(CN1C(=S)N[C@@H](c2ccccn2)[C@@H]1c1ccc(-c2ccc(Br)cc2F)o1)Nc1ccccc1. The van der Waals surface area contributed by atoms with Crippen LogP contribution in [-0.2, 0) is 4.79 Å². The number of anilines is 1. The first kappa shape index (κ1) is 23.2. The molecule has 2 atom stereocenters. The molecule has 2 N–H and O–H groups in total. The van der Waals surface area contributed by atoms with E-state index in [0.29, 0.717) is 32.4 Å². The van der Waals surface area contributed by atoms with Crippen molar-refractivity contribution in [3.63, 3.8) is 0 Å². The summed E-state index contributed by atoms with van der Waals surface area (Å²) in [4.78, 5) is 19.2. The van der Waals surface area contributed by atoms with Crippen LogP contribution in [0.5, 0.6) is 0 Å². The van der Waals surface area contributed by atoms with Crippen LogP contribution in [0.1, 0.15) is 23.5 Å². The molecule has 0 saturated carbocycles. The van der Waals surface area contributed by atoms with Gasteiger partial charge in [-0.2, -0.15) is 0 Å². The minimum atomic E-state index is -0.466. The molecule has 0 unspecified atom stereocenters. The minimum absolute atomic E-state index is 0.00257. The fourth-order valence-corrected chi connectivity index (χ4v) is 4.75. The van der Waals surface area contributed by atoms with E-state index < -0.39 is 11.9 Å². The zero-order valence-electron chi connectivity index (χ0n) is 18.3. The second-order valence-corrected chi connectivity index (χ2v) is 9.30. The van der Waals surface area contributed by atoms with Crippen LogP contribution >= 0.6 is 28.1 Å². The van der Waals surface area contributed by atoms with Crippen molar-refractivity contribution in [1.82, 2.24) is 15.2 Å². The van der Waals surface area contributed by atoms with Crippen LogP contribution in [0.4, 0.5) is 10.1 Å². The van der Waals surface area contributed by atoms with Crippen LogP contribution in [0.15, 0.2) is 93.9 Å². The Balaban J connectivity index is 1.47. The maximum Gasteiger partial charge on any atom is 0.244 e. The first-order valence-electron chi connectivity index (χ1n) is 10.9. The standard InChI is InChI=1S/C26H20BrFN4O2S/c27-16-9-10-18(19(28)14-16)21-11-12-22(34-21)25-24(20-8-4-5-13-29-20)31-26(35)32(25)15-23(33)30-17-6-2-1-3-7-17/h1-14,24-25H,15H2,(H,30,33)(H,31,35)/t24-,25-/m0/s1. The van der Waals surface area contributed by atoms with E-state index >= 15 is 0 Å². The topological polar surface area (TPSA) is 70.4 Å². The van der Waals surface area contributed by atoms with Crippen LogP contribution < -0.4 is 10.6 Å². The van der Waals surface area contributed by atoms with Gasteiger partial charge in [-0.05, 0) is 66.8 Å². The quantitative estimate of drug-likeness (QED) is 0.293. The number of halogens is 2. The van der Waals surface area contributed by atoms with E-state index in [1.807, 2.05) is 48.5 Å². The molecule has 5 rings (SSSR count). The maximum atomic E-state index is 14.6. The number of carbonyl (C=O) groups is 1. The molecule has 0 aliphatic carbocycles. The van der Waals surface area contributed by atoms with Gasteiger partial charge >= 0.3 is 0 Å². The number of rotatable bonds is 6. The molecule has 1 fully saturated rings. The Bertz CT molecular complexity index is 1370. The molecule has 176 valence electrons. The number of aromatic nitrogens is 1. The number of hydrogen-bond donors (Lipinski definition) is 2. The van der Waals surface area contributed by atoms with Gasteiger partial charge in [-0.3, -0.25) is 9.78 Å². The molecule has 1 aliphatic rings. The van der Waals surface area contributed by atoms with Gasteiger partial charge in [-0.1, -0.05) is 40.2 Å². The molecule has 1 amide bonds. The molecule has 3 heterocycles. The summed E-state index contributed by atoms with van der Waals surface area (Å²) in [5.41, 5.74) is 1.79. The molecule has 0 bridgehead atoms. The Morgan fingerprint density at radius 1 is 1.11 bits per heavy atom. The number of furan rings is 1. The number of para-hydroxylation sites is 1. The first-order chi connectivity index (χ1) is 17.0. The van der Waals surface area contributed by atoms with Crippen LogP contribution in [-0.4, -0.2) is 27.4 Å². The molecule has 1 aliphatic heterocycles. The lowest BCUT2D eigenvalue weighted by Crippen LogP contribution is -2.36. The third-order valence-electron chi connectivity index (χ3n) is 5.68. The van der Waals surface area contributed by atoms with E-state index in [2.05, 4.69) is 31.5 Å². The van der Waals surface area contributed by atoms with Crippen molar-refractivity contribution in [2.45, 2.75) is 12.1 Å². The summed E-state index contributed by atoms with van der Waals surface area (Å²) in [7, 11) is 0. The van der Waals surface area contributed by atoms with Crippen molar-refractivity contribution in [2.24, 2.45) is 0 Å². The predicted octanol–water partition coefficient (Wildman–Crippen LogP) is 5.85. The number of nitrogens with one attached hydrogen (secondary N) is 2. The second-order valence-electron chi connectivity index (χ2n) is 7.99. The number of nitrogens with zero attached hydrogens (tertiary/aromatic N) is 2. The Morgan fingerprint density at radius 3 is 2.66 bits per heavy atom. The highest BCUT2D eigenvalue weighted by Crippen LogP contribution is 2.40. The highest BCUT2D eigenvalue weighted by atomic mass is 79.9. The average molecular weight is 551 g/mol. The van der Waals surface area contributed by atoms with Crippen LogP contribution in [0.3, 0.4) is 0 Å². The number of thiocarbonyl (C=S) groups is 1. The van der Waals surface area contributed by atoms with Gasteiger partial charge in [0.2, 0.25) is 5.91 Å². The van der Waals surface area contributed by atoms with Crippen LogP contribution in [0, 0.1) is 5.82 Å². The van der Waals surface area contributed by atoms with Crippen molar-refractivity contribution in [3.05, 3.63) is 107 Å². The summed E-state index contributed by atoms with van der Waals surface area (Å²) in [6.07, 6.45) is 1.70. The zero-order chi connectivity index (χ0) is 24.4. The highest BCUT2D eigenvalue weighted by Gasteiger charge is 2.42. The molecule has 0 spiro atoms. The number of amides is 1. The monoisotopic (exact) mass is 550 g/mol. The third kappa shape index (κ3) is 4.96. The molecule has 0 radical (unpaired) electrons. The molecule has 4 aromatic rings. The van der Waals surface area contributed by atoms with Crippen molar-refractivity contribution in [3.8, 4) is 11.3 Å². The first-order valence-corrected chi connectivity index (χ1v) is 12.1. The molecule has 6 nitrogen and oxygen atoms in total. The summed E-state index contributed by atoms with van der Waals surface area (Å²) in [6, 6.07) is 22.3. The van der Waals surface area contributed by atoms with E-state index in [1.54, 1.807) is 35.4 Å². The van der Waals surface area contributed by atoms with Gasteiger partial charge < -0.3 is 20.0 Å². The van der Waals surface area contributed by atoms with E-state index in [1.165, 1.54) is 6.07 Å². The molecule has 9 heteroatoms. The highest BCUT2D eigenvalue weighted by molar-refractivity contribution is 9.10. The minimum Gasteiger partial charge on any atom is -0.459 e. The van der Waals surface area contributed by atoms with Crippen molar-refractivity contribution < 1.29 is 13.6 Å². The fraction of sp³-hybridized carbons (Fsp3) is 0.115. The van der Waals surface area contributed by atoms with Crippen molar-refractivity contribution in [1.29, 1.82) is 0 Å². The number of benzene rings is 2. The Labute approximate surface area is 215 Å². The van der Waals surface area contributed by atoms with E-state index in [0.717, 1.165) is 5.69 Å². The van der Waals surface area contributed by atoms with Crippen LogP contribution in [0.25, 0.3) is 11.3 Å². The van der Waals surface area contributed by atoms with Gasteiger partial charge in [0.25, 0.3) is 0 Å². The number of pyridine rings is 1. The van der Waals surface area contributed by atoms with Gasteiger partial charge in [0.05, 0.1) is 17.3 Å². The summed E-state index contributed by atoms with van der Waals surface area (Å²) < 4.78 is 21.4. The summed E-state index contributed by atoms with van der Waals surface area (Å²) >= 11 is 8.89. The Morgan fingerprint density at radius 2 is 1.91 bits per heavy atom. The Kier molecular flexibility index (Phi) is 6.61. The van der Waals surface area contributed by atoms with Crippen LogP contribution in [0.2, 0.25) is 0 Å². The lowest BCUT2D eigenvalue weighted by molar-refractivity contribution is -0.116. The smallest absolute Gasteiger partial charge is 0.244 e. The molecular formula is C26H20BrFN4O2S. The normalized spacial score (nSPS) is 17.3. The molecule has 2 aromatic heterocycles. The van der Waals surface area contributed by atoms with Gasteiger partial charge in [0, 0.05) is 16.4 Å². The maximum absolute atomic E-state index is 14.6. The number of hydrogen-bond acceptors (Lipinski definition) is 4. The van der Waals surface area contributed by atoms with Gasteiger partial charge in [-0.15, -0.1) is 0 Å². The van der Waals surface area contributed by atoms with Crippen molar-refractivity contribution >= 4 is 44.9 Å². The van der Waals surface area contributed by atoms with Gasteiger partial charge in [0.1, 0.15) is 29.9 Å². The molecular weight excluding hydrogens is 531 g/mol. The molecule has 35 heavy (non-hydrogen) atoms. The van der Waals surface area contributed by atoms with Gasteiger partial charge in [-0.25, -0.2) is 4.39 Å². The molecule has 2 aromatic carbocycles. The summed E-state index contributed by atoms with van der Waals surface area (Å²) in [5.74, 6) is 0.299. The van der Waals surface area contributed by atoms with Gasteiger partial charge in [0.15, 0.2) is 5.11 Å². The summed E-state index contributed by atoms with van der Waals surface area (Å²) in [5, 5.41) is 6.58. The zero-order valence-corrected chi connectivity index (χ0v) is 20.7. The lowest BCUT2D eigenvalue weighted by atomic mass is 10.0. The summed E-state index contributed by atoms with van der Waals surface area (Å²) in [6.45, 7) is -0.00257.